The van der Waals surface area contributed by atoms with Crippen LogP contribution in [0.4, 0.5) is 11.4 Å². The predicted molar refractivity (Wildman–Crippen MR) is 98.9 cm³/mol. The Hall–Kier alpha value is -2.24. The molecule has 24 heavy (non-hydrogen) atoms. The highest BCUT2D eigenvalue weighted by Crippen LogP contribution is 2.31. The molecule has 3 N–H and O–H groups in total. The summed E-state index contributed by atoms with van der Waals surface area (Å²) in [6.45, 7) is 1.96. The third kappa shape index (κ3) is 4.40. The highest BCUT2D eigenvalue weighted by Gasteiger charge is 2.15. The molecule has 0 saturated heterocycles. The van der Waals surface area contributed by atoms with Crippen molar-refractivity contribution >= 4 is 46.3 Å². The van der Waals surface area contributed by atoms with E-state index < -0.39 is 5.91 Å². The lowest BCUT2D eigenvalue weighted by molar-refractivity contribution is -0.464. The predicted octanol–water partition coefficient (Wildman–Crippen LogP) is 4.05. The summed E-state index contributed by atoms with van der Waals surface area (Å²) >= 11 is 11.7. The molecule has 5 nitrogen and oxygen atoms in total. The highest BCUT2D eigenvalue weighted by molar-refractivity contribution is 6.36. The number of aromatic hydroxyl groups is 1. The molecule has 0 fully saturated rings. The van der Waals surface area contributed by atoms with Gasteiger partial charge in [0.15, 0.2) is 0 Å². The van der Waals surface area contributed by atoms with E-state index in [4.69, 9.17) is 23.2 Å². The molecule has 0 aliphatic heterocycles. The maximum Gasteiger partial charge on any atom is 0.259 e. The Bertz CT molecular complexity index is 798. The van der Waals surface area contributed by atoms with Crippen molar-refractivity contribution in [2.45, 2.75) is 6.92 Å². The lowest BCUT2D eigenvalue weighted by Crippen LogP contribution is -2.18. The van der Waals surface area contributed by atoms with Crippen LogP contribution in [0.1, 0.15) is 17.3 Å². The van der Waals surface area contributed by atoms with E-state index in [0.29, 0.717) is 5.69 Å². The normalized spacial score (nSPS) is 10.2. The third-order valence-corrected chi connectivity index (χ3v) is 3.92. The molecule has 0 heterocycles. The number of hydrogen-bond donors (Lipinski definition) is 3. The lowest BCUT2D eigenvalue weighted by atomic mass is 10.1. The van der Waals surface area contributed by atoms with Crippen LogP contribution in [0.15, 0.2) is 36.4 Å². The van der Waals surface area contributed by atoms with E-state index >= 15 is 0 Å². The van der Waals surface area contributed by atoms with E-state index in [0.717, 1.165) is 11.5 Å². The minimum Gasteiger partial charge on any atom is -0.506 e. The molecular weight excluding hydrogens is 349 g/mol. The third-order valence-electron chi connectivity index (χ3n) is 3.41. The number of nitrogens with zero attached hydrogens (tertiary/aromatic N) is 1. The van der Waals surface area contributed by atoms with E-state index in [1.807, 2.05) is 37.7 Å². The van der Waals surface area contributed by atoms with Crippen LogP contribution in [-0.4, -0.2) is 35.5 Å². The van der Waals surface area contributed by atoms with Crippen LogP contribution < -0.4 is 10.6 Å². The fraction of sp³-hybridized carbons (Fsp3) is 0.176. The van der Waals surface area contributed by atoms with Crippen LogP contribution in [0.25, 0.3) is 0 Å². The van der Waals surface area contributed by atoms with Gasteiger partial charge in [0.2, 0.25) is 5.84 Å². The summed E-state index contributed by atoms with van der Waals surface area (Å²) in [7, 11) is 3.89. The summed E-state index contributed by atoms with van der Waals surface area (Å²) in [6.07, 6.45) is 0. The van der Waals surface area contributed by atoms with E-state index in [2.05, 4.69) is 10.6 Å². The van der Waals surface area contributed by atoms with Crippen molar-refractivity contribution < 1.29 is 14.5 Å². The molecule has 0 atom stereocenters. The Kier molecular flexibility index (Phi) is 5.70. The molecule has 0 bridgehead atoms. The zero-order chi connectivity index (χ0) is 17.9. The van der Waals surface area contributed by atoms with E-state index in [1.54, 1.807) is 12.1 Å². The largest absolute Gasteiger partial charge is 0.506 e. The second kappa shape index (κ2) is 7.55. The molecule has 0 spiro atoms. The average Bonchev–Trinajstić information content (AvgIpc) is 2.52. The number of benzene rings is 2. The number of rotatable bonds is 3. The molecule has 2 aromatic rings. The Morgan fingerprint density at radius 3 is 2.12 bits per heavy atom. The van der Waals surface area contributed by atoms with Crippen molar-refractivity contribution in [3.63, 3.8) is 0 Å². The quantitative estimate of drug-likeness (QED) is 0.436. The number of halogens is 2. The molecule has 7 heteroatoms. The Morgan fingerprint density at radius 1 is 1.04 bits per heavy atom. The lowest BCUT2D eigenvalue weighted by Gasteiger charge is -2.09. The van der Waals surface area contributed by atoms with Crippen molar-refractivity contribution in [1.29, 1.82) is 0 Å². The van der Waals surface area contributed by atoms with E-state index in [9.17, 15) is 9.90 Å². The standard InChI is InChI=1S/C17H17Cl2N3O2/c1-10(22(2)3)20-12-4-6-13(7-5-12)21-17(24)14-8-11(18)9-15(19)16(14)23/h4-9H,1-3H3,(H2,21,23,24)/p+1. The minimum absolute atomic E-state index is 0.0199. The average molecular weight is 367 g/mol. The Morgan fingerprint density at radius 2 is 1.58 bits per heavy atom. The van der Waals surface area contributed by atoms with Gasteiger partial charge in [-0.05, 0) is 36.4 Å². The summed E-state index contributed by atoms with van der Waals surface area (Å²) in [5.41, 5.74) is 1.50. The smallest absolute Gasteiger partial charge is 0.259 e. The van der Waals surface area contributed by atoms with E-state index in [1.165, 1.54) is 12.1 Å². The second-order valence-corrected chi connectivity index (χ2v) is 6.26. The van der Waals surface area contributed by atoms with Gasteiger partial charge in [-0.15, -0.1) is 0 Å². The molecule has 0 radical (unpaired) electrons. The van der Waals surface area contributed by atoms with Crippen LogP contribution in [-0.2, 0) is 0 Å². The maximum absolute atomic E-state index is 12.3. The van der Waals surface area contributed by atoms with Crippen LogP contribution in [0.2, 0.25) is 10.0 Å². The first kappa shape index (κ1) is 18.1. The van der Waals surface area contributed by atoms with Crippen LogP contribution in [0.5, 0.6) is 5.75 Å². The number of amides is 1. The van der Waals surface area contributed by atoms with Crippen LogP contribution in [0.3, 0.4) is 0 Å². The van der Waals surface area contributed by atoms with Crippen molar-refractivity contribution in [3.05, 3.63) is 52.0 Å². The molecule has 1 amide bonds. The summed E-state index contributed by atoms with van der Waals surface area (Å²) < 4.78 is 1.96. The van der Waals surface area contributed by atoms with Gasteiger partial charge in [0.25, 0.3) is 5.91 Å². The Balaban J connectivity index is 2.14. The molecule has 2 aromatic carbocycles. The molecule has 0 aliphatic carbocycles. The van der Waals surface area contributed by atoms with Gasteiger partial charge in [0.05, 0.1) is 24.7 Å². The van der Waals surface area contributed by atoms with Gasteiger partial charge in [-0.1, -0.05) is 23.2 Å². The zero-order valence-electron chi connectivity index (χ0n) is 13.5. The molecule has 0 aliphatic rings. The SMILES string of the molecule is CC(Nc1ccc(NC(=O)c2cc(Cl)cc(Cl)c2O)cc1)=[N+](C)C. The molecular formula is C17H18Cl2N3O2+. The number of nitrogens with one attached hydrogen (secondary N) is 2. The van der Waals surface area contributed by atoms with Crippen LogP contribution in [0, 0.1) is 0 Å². The summed E-state index contributed by atoms with van der Waals surface area (Å²) in [4.78, 5) is 12.3. The maximum atomic E-state index is 12.3. The summed E-state index contributed by atoms with van der Waals surface area (Å²) in [5, 5.41) is 16.1. The second-order valence-electron chi connectivity index (χ2n) is 5.42. The highest BCUT2D eigenvalue weighted by atomic mass is 35.5. The first-order valence-corrected chi connectivity index (χ1v) is 7.91. The van der Waals surface area contributed by atoms with Gasteiger partial charge in [-0.2, -0.15) is 0 Å². The first-order chi connectivity index (χ1) is 11.3. The molecule has 0 aromatic heterocycles. The number of carbonyl (C=O) groups is 1. The van der Waals surface area contributed by atoms with Gasteiger partial charge in [-0.3, -0.25) is 9.37 Å². The number of anilines is 2. The molecule has 126 valence electrons. The number of amidine groups is 1. The molecule has 0 unspecified atom stereocenters. The molecule has 2 rings (SSSR count). The fourth-order valence-electron chi connectivity index (χ4n) is 1.90. The minimum atomic E-state index is -0.492. The van der Waals surface area contributed by atoms with Gasteiger partial charge in [0, 0.05) is 17.6 Å². The number of carbonyl (C=O) groups excluding carboxylic acids is 1. The topological polar surface area (TPSA) is 64.4 Å². The van der Waals surface area contributed by atoms with Crippen molar-refractivity contribution in [3.8, 4) is 5.75 Å². The fourth-order valence-corrected chi connectivity index (χ4v) is 2.39. The number of phenols is 1. The van der Waals surface area contributed by atoms with Crippen molar-refractivity contribution in [2.75, 3.05) is 24.7 Å². The summed E-state index contributed by atoms with van der Waals surface area (Å²) in [6, 6.07) is 9.93. The van der Waals surface area contributed by atoms with Gasteiger partial charge >= 0.3 is 0 Å². The van der Waals surface area contributed by atoms with Gasteiger partial charge < -0.3 is 10.4 Å². The monoisotopic (exact) mass is 366 g/mol. The van der Waals surface area contributed by atoms with Crippen molar-refractivity contribution in [2.24, 2.45) is 0 Å². The van der Waals surface area contributed by atoms with Crippen molar-refractivity contribution in [1.82, 2.24) is 0 Å². The first-order valence-electron chi connectivity index (χ1n) is 7.15. The van der Waals surface area contributed by atoms with Gasteiger partial charge in [-0.25, -0.2) is 5.32 Å². The number of phenolic OH excluding ortho intramolecular Hbond substituents is 1. The number of hydrogen-bond acceptors (Lipinski definition) is 2. The Labute approximate surface area is 150 Å². The van der Waals surface area contributed by atoms with Crippen LogP contribution >= 0.6 is 23.2 Å². The zero-order valence-corrected chi connectivity index (χ0v) is 15.0. The van der Waals surface area contributed by atoms with Gasteiger partial charge in [0.1, 0.15) is 11.4 Å². The molecule has 0 saturated carbocycles. The van der Waals surface area contributed by atoms with E-state index in [-0.39, 0.29) is 21.4 Å². The summed E-state index contributed by atoms with van der Waals surface area (Å²) in [5.74, 6) is 0.201.